The number of hydrogen-bond donors (Lipinski definition) is 1. The van der Waals surface area contributed by atoms with E-state index in [1.165, 1.54) is 18.1 Å². The number of esters is 1. The highest BCUT2D eigenvalue weighted by Gasteiger charge is 2.17. The first-order valence-corrected chi connectivity index (χ1v) is 6.64. The number of amides is 1. The number of aryl methyl sites for hydroxylation is 1. The fraction of sp³-hybridized carbons (Fsp3) is 0.467. The van der Waals surface area contributed by atoms with Gasteiger partial charge in [0, 0.05) is 25.8 Å². The van der Waals surface area contributed by atoms with Gasteiger partial charge in [-0.1, -0.05) is 6.07 Å². The summed E-state index contributed by atoms with van der Waals surface area (Å²) >= 11 is 0. The minimum absolute atomic E-state index is 0.0699. The first-order valence-electron chi connectivity index (χ1n) is 6.64. The lowest BCUT2D eigenvalue weighted by atomic mass is 10.1. The van der Waals surface area contributed by atoms with Crippen LogP contribution in [0.4, 0.5) is 0 Å². The lowest BCUT2D eigenvalue weighted by molar-refractivity contribution is -0.140. The smallest absolute Gasteiger partial charge is 0.307 e. The van der Waals surface area contributed by atoms with Gasteiger partial charge >= 0.3 is 5.97 Å². The largest absolute Gasteiger partial charge is 0.508 e. The van der Waals surface area contributed by atoms with Gasteiger partial charge < -0.3 is 19.5 Å². The van der Waals surface area contributed by atoms with Crippen LogP contribution in [-0.4, -0.2) is 55.8 Å². The van der Waals surface area contributed by atoms with Gasteiger partial charge in [0.1, 0.15) is 5.75 Å². The molecule has 0 bridgehead atoms. The Morgan fingerprint density at radius 1 is 1.24 bits per heavy atom. The molecule has 1 aromatic carbocycles. The molecule has 1 N–H and O–H groups in total. The first kappa shape index (κ1) is 17.0. The van der Waals surface area contributed by atoms with E-state index in [4.69, 9.17) is 4.74 Å². The third-order valence-electron chi connectivity index (χ3n) is 3.12. The van der Waals surface area contributed by atoms with Crippen molar-refractivity contribution in [2.24, 2.45) is 0 Å². The molecule has 21 heavy (non-hydrogen) atoms. The van der Waals surface area contributed by atoms with E-state index in [2.05, 4.69) is 4.74 Å². The fourth-order valence-corrected chi connectivity index (χ4v) is 1.77. The summed E-state index contributed by atoms with van der Waals surface area (Å²) in [7, 11) is 2.85. The highest BCUT2D eigenvalue weighted by Crippen LogP contribution is 2.18. The van der Waals surface area contributed by atoms with Gasteiger partial charge in [0.2, 0.25) is 0 Å². The molecule has 0 aliphatic heterocycles. The Balaban J connectivity index is 2.82. The van der Waals surface area contributed by atoms with Crippen LogP contribution in [0.3, 0.4) is 0 Å². The van der Waals surface area contributed by atoms with Gasteiger partial charge in [0.25, 0.3) is 5.91 Å². The standard InChI is InChI=1S/C15H21NO5/c1-11-4-5-12(10-13(11)17)15(19)16(8-9-20-2)7-6-14(18)21-3/h4-5,10,17H,6-9H2,1-3H3. The van der Waals surface area contributed by atoms with E-state index < -0.39 is 0 Å². The van der Waals surface area contributed by atoms with E-state index in [1.54, 1.807) is 26.2 Å². The minimum Gasteiger partial charge on any atom is -0.508 e. The zero-order valence-electron chi connectivity index (χ0n) is 12.6. The molecule has 0 aliphatic carbocycles. The van der Waals surface area contributed by atoms with Gasteiger partial charge in [-0.3, -0.25) is 9.59 Å². The Bertz CT molecular complexity index is 501. The van der Waals surface area contributed by atoms with Crippen molar-refractivity contribution >= 4 is 11.9 Å². The van der Waals surface area contributed by atoms with Crippen LogP contribution >= 0.6 is 0 Å². The van der Waals surface area contributed by atoms with Crippen LogP contribution in [0.25, 0.3) is 0 Å². The van der Waals surface area contributed by atoms with E-state index in [0.717, 1.165) is 0 Å². The summed E-state index contributed by atoms with van der Waals surface area (Å²) < 4.78 is 9.55. The van der Waals surface area contributed by atoms with Crippen molar-refractivity contribution in [2.75, 3.05) is 33.9 Å². The summed E-state index contributed by atoms with van der Waals surface area (Å²) in [4.78, 5) is 25.1. The van der Waals surface area contributed by atoms with Gasteiger partial charge in [-0.25, -0.2) is 0 Å². The summed E-state index contributed by atoms with van der Waals surface area (Å²) in [5.74, 6) is -0.566. The van der Waals surface area contributed by atoms with Crippen molar-refractivity contribution in [3.8, 4) is 5.75 Å². The first-order chi connectivity index (χ1) is 9.99. The van der Waals surface area contributed by atoms with Crippen molar-refractivity contribution in [3.63, 3.8) is 0 Å². The predicted molar refractivity (Wildman–Crippen MR) is 77.3 cm³/mol. The van der Waals surface area contributed by atoms with Crippen LogP contribution in [0.15, 0.2) is 18.2 Å². The maximum Gasteiger partial charge on any atom is 0.307 e. The fourth-order valence-electron chi connectivity index (χ4n) is 1.77. The van der Waals surface area contributed by atoms with Gasteiger partial charge in [-0.05, 0) is 24.6 Å². The van der Waals surface area contributed by atoms with E-state index in [9.17, 15) is 14.7 Å². The number of ether oxygens (including phenoxy) is 2. The van der Waals surface area contributed by atoms with Crippen LogP contribution in [0.2, 0.25) is 0 Å². The minimum atomic E-state index is -0.378. The molecule has 1 amide bonds. The zero-order valence-corrected chi connectivity index (χ0v) is 12.6. The molecule has 6 heteroatoms. The summed E-state index contributed by atoms with van der Waals surface area (Å²) in [6, 6.07) is 4.75. The topological polar surface area (TPSA) is 76.1 Å². The average molecular weight is 295 g/mol. The zero-order chi connectivity index (χ0) is 15.8. The number of benzene rings is 1. The van der Waals surface area contributed by atoms with Crippen LogP contribution in [0.5, 0.6) is 5.75 Å². The number of phenols is 1. The number of rotatable bonds is 7. The molecule has 0 unspecified atom stereocenters. The molecule has 1 aromatic rings. The highest BCUT2D eigenvalue weighted by atomic mass is 16.5. The number of carbonyl (C=O) groups is 2. The van der Waals surface area contributed by atoms with E-state index in [0.29, 0.717) is 24.3 Å². The summed E-state index contributed by atoms with van der Waals surface area (Å²) in [6.07, 6.45) is 0.115. The molecule has 116 valence electrons. The molecule has 0 heterocycles. The molecule has 1 rings (SSSR count). The van der Waals surface area contributed by atoms with E-state index in [-0.39, 0.29) is 30.6 Å². The van der Waals surface area contributed by atoms with Gasteiger partial charge in [0.05, 0.1) is 20.1 Å². The van der Waals surface area contributed by atoms with E-state index >= 15 is 0 Å². The molecule has 0 aromatic heterocycles. The number of phenolic OH excluding ortho intramolecular Hbond substituents is 1. The van der Waals surface area contributed by atoms with Crippen molar-refractivity contribution in [1.29, 1.82) is 0 Å². The van der Waals surface area contributed by atoms with Gasteiger partial charge in [-0.2, -0.15) is 0 Å². The Morgan fingerprint density at radius 2 is 1.95 bits per heavy atom. The molecular formula is C15H21NO5. The molecule has 6 nitrogen and oxygen atoms in total. The number of aromatic hydroxyl groups is 1. The number of carbonyl (C=O) groups excluding carboxylic acids is 2. The summed E-state index contributed by atoms with van der Waals surface area (Å²) in [6.45, 7) is 2.72. The Hall–Kier alpha value is -2.08. The van der Waals surface area contributed by atoms with Crippen molar-refractivity contribution in [2.45, 2.75) is 13.3 Å². The Kier molecular flexibility index (Phi) is 6.68. The lowest BCUT2D eigenvalue weighted by Gasteiger charge is -2.22. The monoisotopic (exact) mass is 295 g/mol. The Labute approximate surface area is 124 Å². The molecule has 0 saturated carbocycles. The molecule has 0 spiro atoms. The SMILES string of the molecule is COCCN(CCC(=O)OC)C(=O)c1ccc(C)c(O)c1. The van der Waals surface area contributed by atoms with Gasteiger partial charge in [-0.15, -0.1) is 0 Å². The van der Waals surface area contributed by atoms with Crippen LogP contribution in [0.1, 0.15) is 22.3 Å². The second kappa shape index (κ2) is 8.26. The normalized spacial score (nSPS) is 10.2. The Morgan fingerprint density at radius 3 is 2.52 bits per heavy atom. The molecule has 0 saturated heterocycles. The number of nitrogens with zero attached hydrogens (tertiary/aromatic N) is 1. The third kappa shape index (κ3) is 5.07. The quantitative estimate of drug-likeness (QED) is 0.768. The molecule has 0 atom stereocenters. The van der Waals surface area contributed by atoms with Gasteiger partial charge in [0.15, 0.2) is 0 Å². The van der Waals surface area contributed by atoms with Crippen LogP contribution < -0.4 is 0 Å². The average Bonchev–Trinajstić information content (AvgIpc) is 2.49. The van der Waals surface area contributed by atoms with Crippen LogP contribution in [-0.2, 0) is 14.3 Å². The molecule has 0 radical (unpaired) electrons. The van der Waals surface area contributed by atoms with Crippen molar-refractivity contribution < 1.29 is 24.2 Å². The molecule has 0 fully saturated rings. The van der Waals surface area contributed by atoms with Crippen LogP contribution in [0, 0.1) is 6.92 Å². The summed E-state index contributed by atoms with van der Waals surface area (Å²) in [5, 5.41) is 9.69. The summed E-state index contributed by atoms with van der Waals surface area (Å²) in [5.41, 5.74) is 1.07. The van der Waals surface area contributed by atoms with Crippen molar-refractivity contribution in [3.05, 3.63) is 29.3 Å². The molecule has 0 aliphatic rings. The number of hydrogen-bond acceptors (Lipinski definition) is 5. The van der Waals surface area contributed by atoms with E-state index in [1.807, 2.05) is 0 Å². The van der Waals surface area contributed by atoms with Crippen molar-refractivity contribution in [1.82, 2.24) is 4.90 Å². The predicted octanol–water partition coefficient (Wildman–Crippen LogP) is 1.35. The highest BCUT2D eigenvalue weighted by molar-refractivity contribution is 5.95. The number of methoxy groups -OCH3 is 2. The maximum absolute atomic E-state index is 12.4. The second-order valence-corrected chi connectivity index (χ2v) is 4.61. The lowest BCUT2D eigenvalue weighted by Crippen LogP contribution is -2.35. The molecular weight excluding hydrogens is 274 g/mol. The third-order valence-corrected chi connectivity index (χ3v) is 3.12. The maximum atomic E-state index is 12.4. The second-order valence-electron chi connectivity index (χ2n) is 4.61.